The molecule has 0 amide bonds. The highest BCUT2D eigenvalue weighted by Crippen LogP contribution is 2.25. The van der Waals surface area contributed by atoms with Gasteiger partial charge in [-0.2, -0.15) is 0 Å². The second-order valence-corrected chi connectivity index (χ2v) is 6.31. The number of ether oxygens (including phenoxy) is 2. The van der Waals surface area contributed by atoms with E-state index in [-0.39, 0.29) is 31.1 Å². The Balaban J connectivity index is 1.71. The molecule has 2 radical (unpaired) electrons. The van der Waals surface area contributed by atoms with E-state index in [0.29, 0.717) is 6.42 Å². The highest BCUT2D eigenvalue weighted by Gasteiger charge is 2.35. The van der Waals surface area contributed by atoms with E-state index in [2.05, 4.69) is 0 Å². The quantitative estimate of drug-likeness (QED) is 0.457. The maximum absolute atomic E-state index is 12.2. The van der Waals surface area contributed by atoms with Gasteiger partial charge in [0, 0.05) is 24.8 Å². The first-order chi connectivity index (χ1) is 10.6. The summed E-state index contributed by atoms with van der Waals surface area (Å²) in [4.78, 5) is 24.0. The Morgan fingerprint density at radius 1 is 1.14 bits per heavy atom. The highest BCUT2D eigenvalue weighted by molar-refractivity contribution is 6.11. The van der Waals surface area contributed by atoms with Crippen LogP contribution in [0.25, 0.3) is 0 Å². The van der Waals surface area contributed by atoms with Gasteiger partial charge in [-0.3, -0.25) is 9.59 Å². The van der Waals surface area contributed by atoms with Gasteiger partial charge in [-0.1, -0.05) is 25.7 Å². The molecular formula is C16H25BO5. The van der Waals surface area contributed by atoms with Crippen LogP contribution in [0, 0.1) is 5.92 Å². The molecule has 0 aromatic heterocycles. The summed E-state index contributed by atoms with van der Waals surface area (Å²) in [6.07, 6.45) is 6.17. The number of esters is 1. The molecule has 1 saturated heterocycles. The maximum atomic E-state index is 12.2. The molecule has 2 aliphatic rings. The zero-order valence-electron chi connectivity index (χ0n) is 13.0. The first kappa shape index (κ1) is 17.5. The first-order valence-electron chi connectivity index (χ1n) is 8.34. The highest BCUT2D eigenvalue weighted by atomic mass is 16.6. The summed E-state index contributed by atoms with van der Waals surface area (Å²) in [5, 5.41) is 9.16. The molecule has 2 rings (SSSR count). The lowest BCUT2D eigenvalue weighted by Gasteiger charge is -2.17. The number of Topliss-reactive ketones (excluding diaryl/α,β-unsaturated/α-hetero) is 1. The molecule has 1 unspecified atom stereocenters. The number of aliphatic hydroxyl groups excluding tert-OH is 1. The normalized spacial score (nSPS) is 30.0. The van der Waals surface area contributed by atoms with Gasteiger partial charge in [0.05, 0.1) is 13.0 Å². The van der Waals surface area contributed by atoms with Crippen LogP contribution in [0.4, 0.5) is 0 Å². The van der Waals surface area contributed by atoms with Gasteiger partial charge >= 0.3 is 5.97 Å². The summed E-state index contributed by atoms with van der Waals surface area (Å²) < 4.78 is 10.5. The lowest BCUT2D eigenvalue weighted by Crippen LogP contribution is -2.30. The minimum absolute atomic E-state index is 0.0964. The second kappa shape index (κ2) is 8.68. The summed E-state index contributed by atoms with van der Waals surface area (Å²) >= 11 is 0. The molecule has 0 aromatic carbocycles. The number of carbonyl (C=O) groups excluding carboxylic acids is 2. The minimum Gasteiger partial charge on any atom is -0.459 e. The predicted molar refractivity (Wildman–Crippen MR) is 81.4 cm³/mol. The molecule has 1 aliphatic carbocycles. The number of hydrogen-bond donors (Lipinski definition) is 1. The van der Waals surface area contributed by atoms with E-state index >= 15 is 0 Å². The summed E-state index contributed by atoms with van der Waals surface area (Å²) in [5.41, 5.74) is 0. The van der Waals surface area contributed by atoms with Crippen LogP contribution in [0.1, 0.15) is 57.8 Å². The van der Waals surface area contributed by atoms with Crippen molar-refractivity contribution < 1.29 is 24.2 Å². The van der Waals surface area contributed by atoms with Crippen molar-refractivity contribution in [3.05, 3.63) is 0 Å². The fourth-order valence-electron chi connectivity index (χ4n) is 3.29. The molecule has 6 heteroatoms. The zero-order valence-corrected chi connectivity index (χ0v) is 13.0. The summed E-state index contributed by atoms with van der Waals surface area (Å²) in [6, 6.07) is -0.512. The van der Waals surface area contributed by atoms with Gasteiger partial charge in [-0.25, -0.2) is 0 Å². The van der Waals surface area contributed by atoms with Crippen molar-refractivity contribution >= 4 is 19.6 Å². The summed E-state index contributed by atoms with van der Waals surface area (Å²) in [7, 11) is 5.62. The van der Waals surface area contributed by atoms with Crippen LogP contribution in [-0.2, 0) is 19.1 Å². The van der Waals surface area contributed by atoms with Gasteiger partial charge in [0.1, 0.15) is 25.8 Å². The van der Waals surface area contributed by atoms with Crippen molar-refractivity contribution in [2.75, 3.05) is 6.61 Å². The van der Waals surface area contributed by atoms with Crippen LogP contribution in [-0.4, -0.2) is 49.5 Å². The van der Waals surface area contributed by atoms with E-state index in [1.807, 2.05) is 0 Å². The van der Waals surface area contributed by atoms with E-state index in [1.165, 1.54) is 12.8 Å². The molecule has 1 aliphatic heterocycles. The second-order valence-electron chi connectivity index (χ2n) is 6.31. The van der Waals surface area contributed by atoms with E-state index < -0.39 is 24.2 Å². The molecule has 122 valence electrons. The Hall–Kier alpha value is -0.875. The van der Waals surface area contributed by atoms with Gasteiger partial charge in [0.2, 0.25) is 0 Å². The molecular weight excluding hydrogens is 283 g/mol. The summed E-state index contributed by atoms with van der Waals surface area (Å²) in [5.74, 6) is -0.122. The van der Waals surface area contributed by atoms with Crippen molar-refractivity contribution in [2.24, 2.45) is 5.92 Å². The average molecular weight is 308 g/mol. The van der Waals surface area contributed by atoms with Crippen LogP contribution in [0.5, 0.6) is 0 Å². The van der Waals surface area contributed by atoms with Crippen molar-refractivity contribution in [2.45, 2.75) is 76.0 Å². The first-order valence-corrected chi connectivity index (χ1v) is 8.34. The Morgan fingerprint density at radius 3 is 2.45 bits per heavy atom. The topological polar surface area (TPSA) is 72.8 Å². The van der Waals surface area contributed by atoms with Crippen molar-refractivity contribution in [3.63, 3.8) is 0 Å². The smallest absolute Gasteiger partial charge is 0.306 e. The molecule has 22 heavy (non-hydrogen) atoms. The molecule has 1 N–H and O–H groups in total. The van der Waals surface area contributed by atoms with E-state index in [9.17, 15) is 9.59 Å². The SMILES string of the molecule is [B][C@H]1CC(OC(=O)CCC(=O)C2CCCCCC2)[C@@H](CO)O1. The summed E-state index contributed by atoms with van der Waals surface area (Å²) in [6.45, 7) is -0.230. The van der Waals surface area contributed by atoms with Crippen LogP contribution < -0.4 is 0 Å². The van der Waals surface area contributed by atoms with Gasteiger partial charge in [0.25, 0.3) is 0 Å². The molecule has 0 bridgehead atoms. The molecule has 2 fully saturated rings. The maximum Gasteiger partial charge on any atom is 0.306 e. The Labute approximate surface area is 133 Å². The van der Waals surface area contributed by atoms with Crippen molar-refractivity contribution in [1.82, 2.24) is 0 Å². The fourth-order valence-corrected chi connectivity index (χ4v) is 3.29. The number of rotatable bonds is 6. The average Bonchev–Trinajstić information content (AvgIpc) is 2.70. The van der Waals surface area contributed by atoms with E-state index in [0.717, 1.165) is 25.7 Å². The Morgan fingerprint density at radius 2 is 1.82 bits per heavy atom. The third kappa shape index (κ3) is 5.09. The van der Waals surface area contributed by atoms with Gasteiger partial charge < -0.3 is 14.6 Å². The van der Waals surface area contributed by atoms with Crippen LogP contribution in [0.3, 0.4) is 0 Å². The minimum atomic E-state index is -0.559. The fraction of sp³-hybridized carbons (Fsp3) is 0.875. The van der Waals surface area contributed by atoms with Crippen LogP contribution >= 0.6 is 0 Å². The van der Waals surface area contributed by atoms with E-state index in [1.54, 1.807) is 0 Å². The van der Waals surface area contributed by atoms with Crippen molar-refractivity contribution in [3.8, 4) is 0 Å². The third-order valence-electron chi connectivity index (χ3n) is 4.58. The van der Waals surface area contributed by atoms with Gasteiger partial charge in [0.15, 0.2) is 0 Å². The number of ketones is 1. The molecule has 1 heterocycles. The molecule has 0 aromatic rings. The Bertz CT molecular complexity index is 379. The number of aliphatic hydroxyl groups is 1. The molecule has 1 saturated carbocycles. The lowest BCUT2D eigenvalue weighted by molar-refractivity contribution is -0.153. The standard InChI is InChI=1S/C16H25BO5/c17-15-9-13(14(10-18)21-15)22-16(20)8-7-12(19)11-5-3-1-2-4-6-11/h11,13-15,18H,1-10H2/t13?,14-,15-/m1/s1. The third-order valence-corrected chi connectivity index (χ3v) is 4.58. The van der Waals surface area contributed by atoms with E-state index in [4.69, 9.17) is 22.4 Å². The monoisotopic (exact) mass is 308 g/mol. The lowest BCUT2D eigenvalue weighted by atomic mass is 9.93. The van der Waals surface area contributed by atoms with Gasteiger partial charge in [-0.15, -0.1) is 0 Å². The largest absolute Gasteiger partial charge is 0.459 e. The number of carbonyl (C=O) groups is 2. The Kier molecular flexibility index (Phi) is 6.89. The van der Waals surface area contributed by atoms with Crippen LogP contribution in [0.15, 0.2) is 0 Å². The van der Waals surface area contributed by atoms with Crippen LogP contribution in [0.2, 0.25) is 0 Å². The molecule has 5 nitrogen and oxygen atoms in total. The molecule has 3 atom stereocenters. The van der Waals surface area contributed by atoms with Gasteiger partial charge in [-0.05, 0) is 12.8 Å². The zero-order chi connectivity index (χ0) is 15.9. The predicted octanol–water partition coefficient (Wildman–Crippen LogP) is 1.49. The number of hydrogen-bond acceptors (Lipinski definition) is 5. The molecule has 0 spiro atoms. The van der Waals surface area contributed by atoms with Crippen molar-refractivity contribution in [1.29, 1.82) is 0 Å².